The van der Waals surface area contributed by atoms with Gasteiger partial charge in [-0.05, 0) is 45.6 Å². The molecule has 30 heavy (non-hydrogen) atoms. The molecule has 8 heteroatoms. The summed E-state index contributed by atoms with van der Waals surface area (Å²) in [5.74, 6) is 1.72. The van der Waals surface area contributed by atoms with Gasteiger partial charge in [0.1, 0.15) is 12.1 Å². The fourth-order valence-electron chi connectivity index (χ4n) is 4.49. The van der Waals surface area contributed by atoms with Crippen LogP contribution < -0.4 is 4.90 Å². The maximum Gasteiger partial charge on any atom is 0.159 e. The molecule has 1 saturated carbocycles. The lowest BCUT2D eigenvalue weighted by molar-refractivity contribution is 0.0263. The molecule has 1 saturated heterocycles. The zero-order valence-corrected chi connectivity index (χ0v) is 17.3. The second kappa shape index (κ2) is 6.74. The van der Waals surface area contributed by atoms with Crippen LogP contribution in [0.25, 0.3) is 16.7 Å². The van der Waals surface area contributed by atoms with Crippen LogP contribution >= 0.6 is 0 Å². The van der Waals surface area contributed by atoms with Crippen molar-refractivity contribution >= 4 is 16.7 Å². The molecule has 0 amide bonds. The predicted molar refractivity (Wildman–Crippen MR) is 112 cm³/mol. The Morgan fingerprint density at radius 2 is 1.97 bits per heavy atom. The first-order valence-electron chi connectivity index (χ1n) is 10.4. The van der Waals surface area contributed by atoms with Crippen LogP contribution in [0, 0.1) is 17.2 Å². The summed E-state index contributed by atoms with van der Waals surface area (Å²) in [6.07, 6.45) is 8.81. The molecule has 0 bridgehead atoms. The van der Waals surface area contributed by atoms with Crippen LogP contribution in [0.1, 0.15) is 45.2 Å². The van der Waals surface area contributed by atoms with Gasteiger partial charge in [-0.25, -0.2) is 14.6 Å². The first kappa shape index (κ1) is 18.9. The monoisotopic (exact) mass is 403 g/mol. The van der Waals surface area contributed by atoms with E-state index in [1.807, 2.05) is 26.0 Å². The Balaban J connectivity index is 1.49. The zero-order chi connectivity index (χ0) is 20.9. The topological polar surface area (TPSA) is 104 Å². The number of aliphatic hydroxyl groups is 1. The Labute approximate surface area is 175 Å². The third-order valence-corrected chi connectivity index (χ3v) is 6.73. The molecule has 0 unspecified atom stereocenters. The van der Waals surface area contributed by atoms with Crippen molar-refractivity contribution in [3.05, 3.63) is 36.5 Å². The minimum atomic E-state index is -0.704. The maximum atomic E-state index is 10.3. The SMILES string of the molecule is CC(C)(O)[C@@H]1CCN(c2cc(-n3ncc4cnc(C5(C#N)CCC5)cc43)ncn2)C1. The molecule has 0 spiro atoms. The highest BCUT2D eigenvalue weighted by Gasteiger charge is 2.40. The summed E-state index contributed by atoms with van der Waals surface area (Å²) < 4.78 is 1.79. The van der Waals surface area contributed by atoms with Gasteiger partial charge in [0, 0.05) is 36.7 Å². The van der Waals surface area contributed by atoms with Gasteiger partial charge in [0.05, 0.1) is 34.5 Å². The number of aromatic nitrogens is 5. The summed E-state index contributed by atoms with van der Waals surface area (Å²) in [4.78, 5) is 15.6. The van der Waals surface area contributed by atoms with E-state index < -0.39 is 11.0 Å². The molecule has 8 nitrogen and oxygen atoms in total. The maximum absolute atomic E-state index is 10.3. The number of anilines is 1. The first-order chi connectivity index (χ1) is 14.4. The van der Waals surface area contributed by atoms with Gasteiger partial charge >= 0.3 is 0 Å². The number of pyridine rings is 1. The minimum absolute atomic E-state index is 0.208. The highest BCUT2D eigenvalue weighted by Crippen LogP contribution is 2.42. The average Bonchev–Trinajstić information content (AvgIpc) is 3.35. The average molecular weight is 403 g/mol. The normalized spacial score (nSPS) is 20.9. The van der Waals surface area contributed by atoms with Crippen molar-refractivity contribution < 1.29 is 5.11 Å². The van der Waals surface area contributed by atoms with Crippen molar-refractivity contribution in [2.75, 3.05) is 18.0 Å². The molecule has 1 aliphatic carbocycles. The summed E-state index contributed by atoms with van der Waals surface area (Å²) >= 11 is 0. The standard InChI is InChI=1S/C22H25N7O/c1-21(2,30)16-4-7-28(12-16)19-9-20(26-14-25-19)29-17-8-18(22(13-23)5-3-6-22)24-10-15(17)11-27-29/h8-11,14,16,30H,3-7,12H2,1-2H3/t16-/m1/s1. The van der Waals surface area contributed by atoms with Crippen LogP contribution in [0.4, 0.5) is 5.82 Å². The lowest BCUT2D eigenvalue weighted by atomic mass is 9.67. The van der Waals surface area contributed by atoms with Crippen LogP contribution in [0.15, 0.2) is 30.9 Å². The largest absolute Gasteiger partial charge is 0.390 e. The van der Waals surface area contributed by atoms with Crippen molar-refractivity contribution in [3.63, 3.8) is 0 Å². The van der Waals surface area contributed by atoms with E-state index in [0.29, 0.717) is 5.82 Å². The summed E-state index contributed by atoms with van der Waals surface area (Å²) in [7, 11) is 0. The quantitative estimate of drug-likeness (QED) is 0.714. The summed E-state index contributed by atoms with van der Waals surface area (Å²) in [5, 5.41) is 25.5. The van der Waals surface area contributed by atoms with Crippen LogP contribution in [0.2, 0.25) is 0 Å². The summed E-state index contributed by atoms with van der Waals surface area (Å²) in [6, 6.07) is 6.38. The smallest absolute Gasteiger partial charge is 0.159 e. The van der Waals surface area contributed by atoms with Crippen molar-refractivity contribution in [1.82, 2.24) is 24.7 Å². The van der Waals surface area contributed by atoms with E-state index in [-0.39, 0.29) is 5.92 Å². The van der Waals surface area contributed by atoms with Gasteiger partial charge in [-0.2, -0.15) is 10.4 Å². The number of rotatable bonds is 4. The van der Waals surface area contributed by atoms with Gasteiger partial charge in [0.2, 0.25) is 0 Å². The third-order valence-electron chi connectivity index (χ3n) is 6.73. The van der Waals surface area contributed by atoms with Gasteiger partial charge in [-0.3, -0.25) is 4.98 Å². The zero-order valence-electron chi connectivity index (χ0n) is 17.3. The molecule has 154 valence electrons. The summed E-state index contributed by atoms with van der Waals surface area (Å²) in [5.41, 5.74) is 0.529. The van der Waals surface area contributed by atoms with Crippen molar-refractivity contribution in [2.45, 2.75) is 50.5 Å². The van der Waals surface area contributed by atoms with Gasteiger partial charge < -0.3 is 10.0 Å². The Morgan fingerprint density at radius 1 is 1.17 bits per heavy atom. The highest BCUT2D eigenvalue weighted by atomic mass is 16.3. The molecule has 4 heterocycles. The Kier molecular flexibility index (Phi) is 4.26. The number of nitrogens with zero attached hydrogens (tertiary/aromatic N) is 7. The summed E-state index contributed by atoms with van der Waals surface area (Å²) in [6.45, 7) is 5.34. The van der Waals surface area contributed by atoms with E-state index in [9.17, 15) is 10.4 Å². The Morgan fingerprint density at radius 3 is 2.63 bits per heavy atom. The highest BCUT2D eigenvalue weighted by molar-refractivity contribution is 5.80. The number of hydrogen-bond acceptors (Lipinski definition) is 7. The molecule has 3 aromatic rings. The second-order valence-electron chi connectivity index (χ2n) is 9.05. The molecule has 3 aromatic heterocycles. The van der Waals surface area contributed by atoms with Crippen LogP contribution in [-0.2, 0) is 5.41 Å². The van der Waals surface area contributed by atoms with E-state index in [1.54, 1.807) is 23.4 Å². The molecule has 1 aliphatic heterocycles. The molecule has 0 aromatic carbocycles. The van der Waals surface area contributed by atoms with Crippen LogP contribution in [0.3, 0.4) is 0 Å². The molecule has 1 atom stereocenters. The van der Waals surface area contributed by atoms with Gasteiger partial charge in [-0.1, -0.05) is 0 Å². The lowest BCUT2D eigenvalue weighted by Crippen LogP contribution is -2.33. The third kappa shape index (κ3) is 3.01. The van der Waals surface area contributed by atoms with Crippen LogP contribution in [-0.4, -0.2) is 48.5 Å². The van der Waals surface area contributed by atoms with E-state index in [0.717, 1.165) is 61.2 Å². The number of nitriles is 1. The van der Waals surface area contributed by atoms with E-state index in [1.165, 1.54) is 0 Å². The van der Waals surface area contributed by atoms with Crippen molar-refractivity contribution in [3.8, 4) is 11.9 Å². The molecular formula is C22H25N7O. The fourth-order valence-corrected chi connectivity index (χ4v) is 4.49. The molecule has 2 aliphatic rings. The first-order valence-corrected chi connectivity index (χ1v) is 10.4. The predicted octanol–water partition coefficient (Wildman–Crippen LogP) is 2.75. The van der Waals surface area contributed by atoms with E-state index >= 15 is 0 Å². The van der Waals surface area contributed by atoms with Gasteiger partial charge in [-0.15, -0.1) is 0 Å². The fraction of sp³-hybridized carbons (Fsp3) is 0.500. The van der Waals surface area contributed by atoms with Crippen molar-refractivity contribution in [2.24, 2.45) is 5.92 Å². The Hall–Kier alpha value is -3.05. The second-order valence-corrected chi connectivity index (χ2v) is 9.05. The lowest BCUT2D eigenvalue weighted by Gasteiger charge is -2.34. The minimum Gasteiger partial charge on any atom is -0.390 e. The van der Waals surface area contributed by atoms with Gasteiger partial charge in [0.15, 0.2) is 5.82 Å². The molecule has 1 N–H and O–H groups in total. The van der Waals surface area contributed by atoms with E-state index in [4.69, 9.17) is 0 Å². The van der Waals surface area contributed by atoms with Crippen molar-refractivity contribution in [1.29, 1.82) is 5.26 Å². The van der Waals surface area contributed by atoms with Gasteiger partial charge in [0.25, 0.3) is 0 Å². The van der Waals surface area contributed by atoms with E-state index in [2.05, 4.69) is 31.0 Å². The number of fused-ring (bicyclic) bond motifs is 1. The molecular weight excluding hydrogens is 378 g/mol. The molecule has 0 radical (unpaired) electrons. The Bertz CT molecular complexity index is 1140. The molecule has 2 fully saturated rings. The molecule has 5 rings (SSSR count). The number of hydrogen-bond donors (Lipinski definition) is 1. The van der Waals surface area contributed by atoms with Crippen LogP contribution in [0.5, 0.6) is 0 Å².